The van der Waals surface area contributed by atoms with Gasteiger partial charge in [-0.2, -0.15) is 0 Å². The average molecular weight is 230 g/mol. The lowest BCUT2D eigenvalue weighted by Crippen LogP contribution is -2.13. The van der Waals surface area contributed by atoms with Gasteiger partial charge in [0.25, 0.3) is 0 Å². The summed E-state index contributed by atoms with van der Waals surface area (Å²) < 4.78 is 2.33. The van der Waals surface area contributed by atoms with E-state index in [-0.39, 0.29) is 0 Å². The van der Waals surface area contributed by atoms with E-state index in [0.29, 0.717) is 12.6 Å². The highest BCUT2D eigenvalue weighted by atomic mass is 15.2. The van der Waals surface area contributed by atoms with E-state index in [4.69, 9.17) is 5.73 Å². The molecule has 0 aromatic carbocycles. The van der Waals surface area contributed by atoms with Crippen molar-refractivity contribution in [1.82, 2.24) is 14.5 Å². The smallest absolute Gasteiger partial charge is 0.160 e. The Hall–Kier alpha value is -1.42. The molecule has 2 aromatic rings. The molecule has 0 aliphatic heterocycles. The lowest BCUT2D eigenvalue weighted by Gasteiger charge is -2.15. The van der Waals surface area contributed by atoms with Crippen LogP contribution in [0.15, 0.2) is 18.3 Å². The van der Waals surface area contributed by atoms with E-state index in [9.17, 15) is 0 Å². The first kappa shape index (κ1) is 10.7. The Balaban J connectivity index is 2.13. The fraction of sp³-hybridized carbons (Fsp3) is 0.538. The molecule has 0 radical (unpaired) electrons. The maximum atomic E-state index is 5.68. The predicted molar refractivity (Wildman–Crippen MR) is 67.8 cm³/mol. The Morgan fingerprint density at radius 3 is 2.94 bits per heavy atom. The average Bonchev–Trinajstić information content (AvgIpc) is 2.94. The molecule has 1 aliphatic carbocycles. The van der Waals surface area contributed by atoms with Crippen molar-refractivity contribution in [2.75, 3.05) is 6.54 Å². The van der Waals surface area contributed by atoms with E-state index in [1.165, 1.54) is 25.7 Å². The van der Waals surface area contributed by atoms with Crippen LogP contribution in [-0.2, 0) is 6.42 Å². The van der Waals surface area contributed by atoms with Gasteiger partial charge in [-0.25, -0.2) is 9.97 Å². The molecule has 3 rings (SSSR count). The molecule has 2 heterocycles. The molecule has 17 heavy (non-hydrogen) atoms. The van der Waals surface area contributed by atoms with Crippen LogP contribution in [0, 0.1) is 0 Å². The summed E-state index contributed by atoms with van der Waals surface area (Å²) in [6.45, 7) is 0.649. The van der Waals surface area contributed by atoms with Crippen molar-refractivity contribution < 1.29 is 0 Å². The summed E-state index contributed by atoms with van der Waals surface area (Å²) >= 11 is 0. The maximum absolute atomic E-state index is 5.68. The minimum absolute atomic E-state index is 0.580. The second-order valence-corrected chi connectivity index (χ2v) is 4.72. The van der Waals surface area contributed by atoms with E-state index in [1.807, 2.05) is 18.3 Å². The molecule has 2 aromatic heterocycles. The van der Waals surface area contributed by atoms with Gasteiger partial charge < -0.3 is 10.3 Å². The van der Waals surface area contributed by atoms with E-state index in [0.717, 1.165) is 23.4 Å². The number of imidazole rings is 1. The third-order valence-corrected chi connectivity index (χ3v) is 3.58. The largest absolute Gasteiger partial charge is 0.330 e. The third kappa shape index (κ3) is 1.82. The van der Waals surface area contributed by atoms with Gasteiger partial charge in [0.15, 0.2) is 5.65 Å². The van der Waals surface area contributed by atoms with Crippen molar-refractivity contribution >= 4 is 11.2 Å². The highest BCUT2D eigenvalue weighted by molar-refractivity contribution is 5.71. The number of fused-ring (bicyclic) bond motifs is 1. The highest BCUT2D eigenvalue weighted by Crippen LogP contribution is 2.32. The maximum Gasteiger partial charge on any atom is 0.160 e. The number of aromatic nitrogens is 3. The Kier molecular flexibility index (Phi) is 2.81. The first-order chi connectivity index (χ1) is 8.40. The fourth-order valence-electron chi connectivity index (χ4n) is 2.83. The topological polar surface area (TPSA) is 56.7 Å². The number of nitrogens with two attached hydrogens (primary N) is 1. The van der Waals surface area contributed by atoms with Crippen molar-refractivity contribution in [3.63, 3.8) is 0 Å². The van der Waals surface area contributed by atoms with Crippen molar-refractivity contribution in [1.29, 1.82) is 0 Å². The van der Waals surface area contributed by atoms with Gasteiger partial charge in [0.05, 0.1) is 0 Å². The van der Waals surface area contributed by atoms with Gasteiger partial charge in [0.2, 0.25) is 0 Å². The molecule has 0 bridgehead atoms. The van der Waals surface area contributed by atoms with Crippen LogP contribution in [0.4, 0.5) is 0 Å². The van der Waals surface area contributed by atoms with Crippen LogP contribution in [0.3, 0.4) is 0 Å². The van der Waals surface area contributed by atoms with E-state index in [1.54, 1.807) is 0 Å². The minimum Gasteiger partial charge on any atom is -0.330 e. The summed E-state index contributed by atoms with van der Waals surface area (Å²) in [7, 11) is 0. The standard InChI is InChI=1S/C13H18N4/c14-8-7-12-16-11-6-3-9-15-13(11)17(12)10-4-1-2-5-10/h3,6,9-10H,1-2,4-5,7-8,14H2. The van der Waals surface area contributed by atoms with Gasteiger partial charge in [0.1, 0.15) is 11.3 Å². The molecular formula is C13H18N4. The molecular weight excluding hydrogens is 212 g/mol. The highest BCUT2D eigenvalue weighted by Gasteiger charge is 2.22. The quantitative estimate of drug-likeness (QED) is 0.878. The van der Waals surface area contributed by atoms with Crippen LogP contribution < -0.4 is 5.73 Å². The molecule has 0 saturated heterocycles. The summed E-state index contributed by atoms with van der Waals surface area (Å²) in [4.78, 5) is 9.16. The lowest BCUT2D eigenvalue weighted by molar-refractivity contribution is 0.507. The molecule has 4 nitrogen and oxygen atoms in total. The van der Waals surface area contributed by atoms with Gasteiger partial charge in [-0.05, 0) is 31.5 Å². The first-order valence-corrected chi connectivity index (χ1v) is 6.42. The third-order valence-electron chi connectivity index (χ3n) is 3.58. The van der Waals surface area contributed by atoms with Crippen molar-refractivity contribution in [2.45, 2.75) is 38.1 Å². The second kappa shape index (κ2) is 4.45. The molecule has 0 atom stereocenters. The normalized spacial score (nSPS) is 17.0. The van der Waals surface area contributed by atoms with Crippen LogP contribution in [0.1, 0.15) is 37.5 Å². The lowest BCUT2D eigenvalue weighted by atomic mass is 10.2. The first-order valence-electron chi connectivity index (χ1n) is 6.42. The minimum atomic E-state index is 0.580. The summed E-state index contributed by atoms with van der Waals surface area (Å²) in [5, 5.41) is 0. The van der Waals surface area contributed by atoms with Gasteiger partial charge in [-0.3, -0.25) is 0 Å². The van der Waals surface area contributed by atoms with Gasteiger partial charge >= 0.3 is 0 Å². The number of pyridine rings is 1. The summed E-state index contributed by atoms with van der Waals surface area (Å²) in [6.07, 6.45) is 7.83. The van der Waals surface area contributed by atoms with Crippen LogP contribution in [0.25, 0.3) is 11.2 Å². The predicted octanol–water partition coefficient (Wildman–Crippen LogP) is 2.05. The zero-order valence-corrected chi connectivity index (χ0v) is 9.97. The molecule has 0 amide bonds. The molecule has 4 heteroatoms. The molecule has 0 unspecified atom stereocenters. The Morgan fingerprint density at radius 2 is 2.18 bits per heavy atom. The second-order valence-electron chi connectivity index (χ2n) is 4.72. The van der Waals surface area contributed by atoms with Crippen LogP contribution in [0.2, 0.25) is 0 Å². The number of hydrogen-bond acceptors (Lipinski definition) is 3. The Labute approximate surface area is 101 Å². The van der Waals surface area contributed by atoms with Gasteiger partial charge in [-0.1, -0.05) is 12.8 Å². The molecule has 1 fully saturated rings. The summed E-state index contributed by atoms with van der Waals surface area (Å²) in [5.74, 6) is 1.10. The fourth-order valence-corrected chi connectivity index (χ4v) is 2.83. The van der Waals surface area contributed by atoms with E-state index >= 15 is 0 Å². The molecule has 0 spiro atoms. The van der Waals surface area contributed by atoms with Crippen LogP contribution in [-0.4, -0.2) is 21.1 Å². The molecule has 1 saturated carbocycles. The monoisotopic (exact) mass is 230 g/mol. The molecule has 1 aliphatic rings. The number of hydrogen-bond donors (Lipinski definition) is 1. The van der Waals surface area contributed by atoms with Crippen molar-refractivity contribution in [3.05, 3.63) is 24.2 Å². The van der Waals surface area contributed by atoms with Crippen molar-refractivity contribution in [3.8, 4) is 0 Å². The summed E-state index contributed by atoms with van der Waals surface area (Å²) in [6, 6.07) is 4.56. The van der Waals surface area contributed by atoms with Crippen LogP contribution in [0.5, 0.6) is 0 Å². The Bertz CT molecular complexity index is 511. The SMILES string of the molecule is NCCc1nc2cccnc2n1C1CCCC1. The number of nitrogens with zero attached hydrogens (tertiary/aromatic N) is 3. The molecule has 90 valence electrons. The Morgan fingerprint density at radius 1 is 1.35 bits per heavy atom. The van der Waals surface area contributed by atoms with Crippen LogP contribution >= 0.6 is 0 Å². The zero-order chi connectivity index (χ0) is 11.7. The van der Waals surface area contributed by atoms with Gasteiger partial charge in [-0.15, -0.1) is 0 Å². The summed E-state index contributed by atoms with van der Waals surface area (Å²) in [5.41, 5.74) is 7.71. The van der Waals surface area contributed by atoms with E-state index < -0.39 is 0 Å². The molecule has 2 N–H and O–H groups in total. The zero-order valence-electron chi connectivity index (χ0n) is 9.97. The van der Waals surface area contributed by atoms with Crippen molar-refractivity contribution in [2.24, 2.45) is 5.73 Å². The van der Waals surface area contributed by atoms with Gasteiger partial charge in [0, 0.05) is 18.7 Å². The number of rotatable bonds is 3. The van der Waals surface area contributed by atoms with E-state index in [2.05, 4.69) is 14.5 Å².